The lowest BCUT2D eigenvalue weighted by Gasteiger charge is -2.43. The van der Waals surface area contributed by atoms with Gasteiger partial charge in [0.1, 0.15) is 11.2 Å². The molecule has 156 valence electrons. The van der Waals surface area contributed by atoms with Gasteiger partial charge >= 0.3 is 0 Å². The molecule has 0 heterocycles. The van der Waals surface area contributed by atoms with Gasteiger partial charge in [0.15, 0.2) is 0 Å². The summed E-state index contributed by atoms with van der Waals surface area (Å²) in [5.74, 6) is 0. The van der Waals surface area contributed by atoms with E-state index in [-0.39, 0.29) is 0 Å². The Labute approximate surface area is 188 Å². The van der Waals surface area contributed by atoms with Crippen LogP contribution in [0.4, 0.5) is 0 Å². The van der Waals surface area contributed by atoms with E-state index in [1.807, 2.05) is 127 Å². The van der Waals surface area contributed by atoms with E-state index >= 15 is 0 Å². The van der Waals surface area contributed by atoms with Crippen LogP contribution in [-0.2, 0) is 11.2 Å². The Morgan fingerprint density at radius 2 is 1.12 bits per heavy atom. The average molecular weight is 417 g/mol. The summed E-state index contributed by atoms with van der Waals surface area (Å²) in [7, 11) is 0. The molecule has 0 aromatic heterocycles. The Kier molecular flexibility index (Phi) is 5.10. The molecule has 2 nitrogen and oxygen atoms in total. The van der Waals surface area contributed by atoms with Crippen molar-refractivity contribution in [1.29, 1.82) is 0 Å². The van der Waals surface area contributed by atoms with E-state index in [4.69, 9.17) is 0 Å². The van der Waals surface area contributed by atoms with Crippen LogP contribution in [0.2, 0.25) is 0 Å². The van der Waals surface area contributed by atoms with Crippen molar-refractivity contribution in [2.45, 2.75) is 11.2 Å². The Morgan fingerprint density at radius 3 is 1.72 bits per heavy atom. The lowest BCUT2D eigenvalue weighted by atomic mass is 9.65. The van der Waals surface area contributed by atoms with Crippen molar-refractivity contribution in [3.8, 4) is 0 Å². The summed E-state index contributed by atoms with van der Waals surface area (Å²) in [5, 5.41) is 23.4. The van der Waals surface area contributed by atoms with Crippen LogP contribution in [0, 0.1) is 0 Å². The summed E-state index contributed by atoms with van der Waals surface area (Å²) in [6, 6.07) is 36.9. The molecule has 0 amide bonds. The zero-order chi connectivity index (χ0) is 22.0. The predicted molar refractivity (Wildman–Crippen MR) is 129 cm³/mol. The van der Waals surface area contributed by atoms with Crippen molar-refractivity contribution < 1.29 is 10.2 Å². The van der Waals surface area contributed by atoms with Gasteiger partial charge in [-0.25, -0.2) is 0 Å². The van der Waals surface area contributed by atoms with Crippen molar-refractivity contribution in [3.63, 3.8) is 0 Å². The van der Waals surface area contributed by atoms with Gasteiger partial charge in [0.05, 0.1) is 0 Å². The fourth-order valence-corrected chi connectivity index (χ4v) is 4.54. The number of benzene rings is 4. The highest BCUT2D eigenvalue weighted by atomic mass is 16.3. The molecule has 1 aliphatic carbocycles. The second-order valence-corrected chi connectivity index (χ2v) is 8.06. The van der Waals surface area contributed by atoms with Gasteiger partial charge in [-0.1, -0.05) is 127 Å². The fourth-order valence-electron chi connectivity index (χ4n) is 4.54. The number of allylic oxidation sites excluding steroid dienone is 2. The summed E-state index contributed by atoms with van der Waals surface area (Å²) in [4.78, 5) is 0. The van der Waals surface area contributed by atoms with E-state index in [0.717, 1.165) is 33.4 Å². The average Bonchev–Trinajstić information content (AvgIpc) is 2.87. The third-order valence-corrected chi connectivity index (χ3v) is 6.22. The minimum absolute atomic E-state index is 0.785. The molecule has 1 aliphatic rings. The molecule has 2 heteroatoms. The van der Waals surface area contributed by atoms with E-state index in [2.05, 4.69) is 0 Å². The number of aliphatic hydroxyl groups is 2. The van der Waals surface area contributed by atoms with Gasteiger partial charge in [-0.2, -0.15) is 0 Å². The standard InChI is InChI=1S/C30H24O2/c31-29(23-13-4-1-5-14-23,24-15-6-2-7-16-24)22-12-21-28-26-19-10-11-20-27(26)30(28,32)25-17-8-3-9-18-25/h1-22,31-32H/b22-12-,28-21-. The fraction of sp³-hybridized carbons (Fsp3) is 0.0667. The van der Waals surface area contributed by atoms with Crippen molar-refractivity contribution in [1.82, 2.24) is 0 Å². The van der Waals surface area contributed by atoms with Gasteiger partial charge in [0.25, 0.3) is 0 Å². The van der Waals surface area contributed by atoms with Gasteiger partial charge in [-0.05, 0) is 28.3 Å². The van der Waals surface area contributed by atoms with E-state index in [0.29, 0.717) is 0 Å². The lowest BCUT2D eigenvalue weighted by molar-refractivity contribution is 0.131. The molecule has 0 bridgehead atoms. The van der Waals surface area contributed by atoms with Crippen LogP contribution in [-0.4, -0.2) is 10.2 Å². The molecule has 1 unspecified atom stereocenters. The lowest BCUT2D eigenvalue weighted by Crippen LogP contribution is -2.38. The summed E-state index contributed by atoms with van der Waals surface area (Å²) >= 11 is 0. The zero-order valence-corrected chi connectivity index (χ0v) is 17.6. The monoisotopic (exact) mass is 416 g/mol. The maximum absolute atomic E-state index is 11.7. The molecule has 0 aliphatic heterocycles. The van der Waals surface area contributed by atoms with Gasteiger partial charge in [-0.15, -0.1) is 0 Å². The van der Waals surface area contributed by atoms with E-state index < -0.39 is 11.2 Å². The SMILES string of the molecule is OC(/C=C\C=C1\c2ccccc2C1(O)c1ccccc1)(c1ccccc1)c1ccccc1. The number of rotatable bonds is 5. The first-order valence-electron chi connectivity index (χ1n) is 10.8. The molecule has 2 N–H and O–H groups in total. The first kappa shape index (κ1) is 20.2. The summed E-state index contributed by atoms with van der Waals surface area (Å²) in [6.07, 6.45) is 5.54. The molecule has 4 aromatic rings. The van der Waals surface area contributed by atoms with E-state index in [9.17, 15) is 10.2 Å². The Balaban J connectivity index is 1.59. The van der Waals surface area contributed by atoms with E-state index in [1.54, 1.807) is 6.08 Å². The number of hydrogen-bond acceptors (Lipinski definition) is 2. The van der Waals surface area contributed by atoms with Crippen LogP contribution < -0.4 is 0 Å². The molecule has 5 rings (SSSR count). The normalized spacial score (nSPS) is 19.0. The van der Waals surface area contributed by atoms with Gasteiger partial charge in [0.2, 0.25) is 0 Å². The highest BCUT2D eigenvalue weighted by Crippen LogP contribution is 2.53. The molecular formula is C30H24O2. The third-order valence-electron chi connectivity index (χ3n) is 6.22. The van der Waals surface area contributed by atoms with Crippen LogP contribution in [0.1, 0.15) is 27.8 Å². The van der Waals surface area contributed by atoms with Crippen LogP contribution in [0.15, 0.2) is 133 Å². The van der Waals surface area contributed by atoms with Crippen molar-refractivity contribution in [2.24, 2.45) is 0 Å². The van der Waals surface area contributed by atoms with Crippen LogP contribution in [0.25, 0.3) is 5.57 Å². The maximum atomic E-state index is 11.7. The number of hydrogen-bond donors (Lipinski definition) is 2. The maximum Gasteiger partial charge on any atom is 0.141 e. The Hall–Kier alpha value is -3.72. The molecule has 4 aromatic carbocycles. The third kappa shape index (κ3) is 3.21. The van der Waals surface area contributed by atoms with Crippen LogP contribution in [0.5, 0.6) is 0 Å². The van der Waals surface area contributed by atoms with Crippen LogP contribution >= 0.6 is 0 Å². The summed E-state index contributed by atoms with van der Waals surface area (Å²) in [5.41, 5.74) is 2.69. The van der Waals surface area contributed by atoms with Crippen molar-refractivity contribution >= 4 is 5.57 Å². The summed E-state index contributed by atoms with van der Waals surface area (Å²) < 4.78 is 0. The van der Waals surface area contributed by atoms with Crippen molar-refractivity contribution in [2.75, 3.05) is 0 Å². The Morgan fingerprint density at radius 1 is 0.625 bits per heavy atom. The molecule has 32 heavy (non-hydrogen) atoms. The highest BCUT2D eigenvalue weighted by molar-refractivity contribution is 5.90. The molecule has 0 saturated heterocycles. The van der Waals surface area contributed by atoms with Gasteiger partial charge in [0, 0.05) is 11.1 Å². The molecule has 0 fully saturated rings. The van der Waals surface area contributed by atoms with Crippen molar-refractivity contribution in [3.05, 3.63) is 161 Å². The molecule has 1 atom stereocenters. The predicted octanol–water partition coefficient (Wildman–Crippen LogP) is 5.81. The second-order valence-electron chi connectivity index (χ2n) is 8.06. The molecular weight excluding hydrogens is 392 g/mol. The largest absolute Gasteiger partial charge is 0.377 e. The molecule has 0 radical (unpaired) electrons. The van der Waals surface area contributed by atoms with Crippen LogP contribution in [0.3, 0.4) is 0 Å². The minimum atomic E-state index is -1.28. The number of fused-ring (bicyclic) bond motifs is 1. The highest BCUT2D eigenvalue weighted by Gasteiger charge is 2.46. The first-order chi connectivity index (χ1) is 15.6. The second kappa shape index (κ2) is 8.08. The van der Waals surface area contributed by atoms with E-state index in [1.165, 1.54) is 0 Å². The first-order valence-corrected chi connectivity index (χ1v) is 10.8. The molecule has 0 saturated carbocycles. The summed E-state index contributed by atoms with van der Waals surface area (Å²) in [6.45, 7) is 0. The minimum Gasteiger partial charge on any atom is -0.377 e. The molecule has 0 spiro atoms. The van der Waals surface area contributed by atoms with Gasteiger partial charge in [-0.3, -0.25) is 0 Å². The smallest absolute Gasteiger partial charge is 0.141 e. The van der Waals surface area contributed by atoms with Gasteiger partial charge < -0.3 is 10.2 Å². The topological polar surface area (TPSA) is 40.5 Å². The Bertz CT molecular complexity index is 1230. The quantitative estimate of drug-likeness (QED) is 0.431. The zero-order valence-electron chi connectivity index (χ0n) is 17.6.